The summed E-state index contributed by atoms with van der Waals surface area (Å²) in [5, 5.41) is 14.3. The van der Waals surface area contributed by atoms with Crippen LogP contribution in [0.4, 0.5) is 4.79 Å². The van der Waals surface area contributed by atoms with Crippen molar-refractivity contribution in [3.63, 3.8) is 0 Å². The molecule has 0 saturated carbocycles. The zero-order chi connectivity index (χ0) is 15.5. The fourth-order valence-electron chi connectivity index (χ4n) is 2.06. The minimum Gasteiger partial charge on any atom is -0.481 e. The van der Waals surface area contributed by atoms with Crippen LogP contribution in [0.5, 0.6) is 0 Å². The van der Waals surface area contributed by atoms with E-state index in [2.05, 4.69) is 10.6 Å². The Bertz CT molecular complexity index is 295. The highest BCUT2D eigenvalue weighted by atomic mass is 16.5. The maximum atomic E-state index is 11.6. The average molecular weight is 288 g/mol. The van der Waals surface area contributed by atoms with E-state index in [4.69, 9.17) is 9.84 Å². The van der Waals surface area contributed by atoms with Crippen LogP contribution in [0, 0.1) is 17.8 Å². The molecule has 6 nitrogen and oxygen atoms in total. The van der Waals surface area contributed by atoms with Gasteiger partial charge in [-0.3, -0.25) is 4.79 Å². The predicted molar refractivity (Wildman–Crippen MR) is 77.6 cm³/mol. The van der Waals surface area contributed by atoms with Gasteiger partial charge in [-0.15, -0.1) is 0 Å². The third-order valence-corrected chi connectivity index (χ3v) is 2.88. The zero-order valence-electron chi connectivity index (χ0n) is 12.9. The number of aliphatic carboxylic acids is 1. The largest absolute Gasteiger partial charge is 0.481 e. The first-order valence-corrected chi connectivity index (χ1v) is 7.07. The van der Waals surface area contributed by atoms with E-state index in [0.29, 0.717) is 25.6 Å². The van der Waals surface area contributed by atoms with E-state index < -0.39 is 5.97 Å². The van der Waals surface area contributed by atoms with Gasteiger partial charge in [-0.1, -0.05) is 20.8 Å². The lowest BCUT2D eigenvalue weighted by Crippen LogP contribution is -2.41. The maximum absolute atomic E-state index is 11.6. The van der Waals surface area contributed by atoms with Crippen LogP contribution < -0.4 is 10.6 Å². The molecule has 0 spiro atoms. The topological polar surface area (TPSA) is 87.7 Å². The van der Waals surface area contributed by atoms with E-state index in [-0.39, 0.29) is 24.3 Å². The van der Waals surface area contributed by atoms with Gasteiger partial charge < -0.3 is 20.5 Å². The number of hydrogen-bond donors (Lipinski definition) is 3. The zero-order valence-corrected chi connectivity index (χ0v) is 12.9. The van der Waals surface area contributed by atoms with Crippen molar-refractivity contribution in [3.05, 3.63) is 0 Å². The summed E-state index contributed by atoms with van der Waals surface area (Å²) in [6.45, 7) is 7.58. The summed E-state index contributed by atoms with van der Waals surface area (Å²) in [6.07, 6.45) is 0.866. The number of nitrogens with one attached hydrogen (secondary N) is 2. The minimum atomic E-state index is -0.827. The molecular formula is C14H28N2O4. The quantitative estimate of drug-likeness (QED) is 0.571. The summed E-state index contributed by atoms with van der Waals surface area (Å²) in [6, 6.07) is -0.257. The minimum absolute atomic E-state index is 0.0327. The number of carboxylic acids is 1. The Balaban J connectivity index is 4.00. The number of ether oxygens (including phenoxy) is 1. The smallest absolute Gasteiger partial charge is 0.314 e. The van der Waals surface area contributed by atoms with Gasteiger partial charge in [0.15, 0.2) is 0 Å². The van der Waals surface area contributed by atoms with E-state index >= 15 is 0 Å². The lowest BCUT2D eigenvalue weighted by molar-refractivity contribution is -0.138. The van der Waals surface area contributed by atoms with Crippen molar-refractivity contribution in [2.24, 2.45) is 17.8 Å². The van der Waals surface area contributed by atoms with Crippen LogP contribution in [0.25, 0.3) is 0 Å². The molecule has 20 heavy (non-hydrogen) atoms. The van der Waals surface area contributed by atoms with Crippen LogP contribution in [0.2, 0.25) is 0 Å². The van der Waals surface area contributed by atoms with Crippen LogP contribution in [0.3, 0.4) is 0 Å². The third kappa shape index (κ3) is 10.6. The van der Waals surface area contributed by atoms with Crippen molar-refractivity contribution >= 4 is 12.0 Å². The number of carbonyl (C=O) groups is 2. The summed E-state index contributed by atoms with van der Waals surface area (Å²) >= 11 is 0. The Morgan fingerprint density at radius 1 is 1.15 bits per heavy atom. The highest BCUT2D eigenvalue weighted by Gasteiger charge is 2.16. The molecule has 2 amide bonds. The Hall–Kier alpha value is -1.30. The lowest BCUT2D eigenvalue weighted by Gasteiger charge is -2.18. The molecule has 0 aromatic carbocycles. The number of carbonyl (C=O) groups excluding carboxylic acids is 1. The molecule has 0 heterocycles. The van der Waals surface area contributed by atoms with Crippen LogP contribution in [-0.2, 0) is 9.53 Å². The molecule has 0 aromatic rings. The number of carboxylic acid groups (broad SMARTS) is 1. The first-order valence-electron chi connectivity index (χ1n) is 7.07. The molecule has 0 radical (unpaired) electrons. The van der Waals surface area contributed by atoms with Crippen molar-refractivity contribution in [1.29, 1.82) is 0 Å². The van der Waals surface area contributed by atoms with E-state index in [1.165, 1.54) is 0 Å². The van der Waals surface area contributed by atoms with Gasteiger partial charge in [0.2, 0.25) is 0 Å². The highest BCUT2D eigenvalue weighted by Crippen LogP contribution is 2.14. The van der Waals surface area contributed by atoms with Crippen molar-refractivity contribution in [3.8, 4) is 0 Å². The van der Waals surface area contributed by atoms with Crippen LogP contribution in [0.15, 0.2) is 0 Å². The molecule has 0 saturated heterocycles. The maximum Gasteiger partial charge on any atom is 0.314 e. The summed E-state index contributed by atoms with van der Waals surface area (Å²) in [4.78, 5) is 22.4. The van der Waals surface area contributed by atoms with Gasteiger partial charge in [0.05, 0.1) is 6.61 Å². The summed E-state index contributed by atoms with van der Waals surface area (Å²) < 4.78 is 4.98. The van der Waals surface area contributed by atoms with Crippen molar-refractivity contribution in [1.82, 2.24) is 10.6 Å². The molecular weight excluding hydrogens is 260 g/mol. The SMILES string of the molecule is COCC(C)CNC(=O)NCC(CC(=O)O)CC(C)C. The second-order valence-corrected chi connectivity index (χ2v) is 5.74. The Labute approximate surface area is 121 Å². The Morgan fingerprint density at radius 3 is 2.25 bits per heavy atom. The van der Waals surface area contributed by atoms with Gasteiger partial charge in [-0.25, -0.2) is 4.79 Å². The Kier molecular flexibility index (Phi) is 9.80. The molecule has 0 fully saturated rings. The molecule has 2 atom stereocenters. The second kappa shape index (κ2) is 10.5. The van der Waals surface area contributed by atoms with Crippen LogP contribution >= 0.6 is 0 Å². The van der Waals surface area contributed by atoms with Gasteiger partial charge >= 0.3 is 12.0 Å². The third-order valence-electron chi connectivity index (χ3n) is 2.88. The molecule has 0 rings (SSSR count). The Morgan fingerprint density at radius 2 is 1.75 bits per heavy atom. The number of hydrogen-bond acceptors (Lipinski definition) is 3. The highest BCUT2D eigenvalue weighted by molar-refractivity contribution is 5.74. The first kappa shape index (κ1) is 18.7. The number of rotatable bonds is 10. The van der Waals surface area contributed by atoms with E-state index in [9.17, 15) is 9.59 Å². The number of urea groups is 1. The molecule has 0 bridgehead atoms. The molecule has 0 aromatic heterocycles. The summed E-state index contributed by atoms with van der Waals surface area (Å²) in [5.74, 6) is -0.205. The van der Waals surface area contributed by atoms with E-state index in [1.54, 1.807) is 7.11 Å². The molecule has 6 heteroatoms. The second-order valence-electron chi connectivity index (χ2n) is 5.74. The molecule has 2 unspecified atom stereocenters. The summed E-state index contributed by atoms with van der Waals surface area (Å²) in [5.41, 5.74) is 0. The molecule has 0 aliphatic rings. The average Bonchev–Trinajstić information content (AvgIpc) is 2.32. The number of amides is 2. The standard InChI is InChI=1S/C14H28N2O4/c1-10(2)5-12(6-13(17)18)8-16-14(19)15-7-11(3)9-20-4/h10-12H,5-9H2,1-4H3,(H,17,18)(H2,15,16,19). The van der Waals surface area contributed by atoms with Gasteiger partial charge in [-0.05, 0) is 24.2 Å². The van der Waals surface area contributed by atoms with Crippen LogP contribution in [-0.4, -0.2) is 43.9 Å². The fourth-order valence-corrected chi connectivity index (χ4v) is 2.06. The van der Waals surface area contributed by atoms with E-state index in [0.717, 1.165) is 6.42 Å². The molecule has 118 valence electrons. The van der Waals surface area contributed by atoms with Crippen molar-refractivity contribution in [2.45, 2.75) is 33.6 Å². The van der Waals surface area contributed by atoms with Crippen molar-refractivity contribution < 1.29 is 19.4 Å². The van der Waals surface area contributed by atoms with Gasteiger partial charge in [0.25, 0.3) is 0 Å². The molecule has 0 aliphatic carbocycles. The van der Waals surface area contributed by atoms with Crippen LogP contribution in [0.1, 0.15) is 33.6 Å². The van der Waals surface area contributed by atoms with Crippen molar-refractivity contribution in [2.75, 3.05) is 26.8 Å². The fraction of sp³-hybridized carbons (Fsp3) is 0.857. The summed E-state index contributed by atoms with van der Waals surface area (Å²) in [7, 11) is 1.62. The monoisotopic (exact) mass is 288 g/mol. The van der Waals surface area contributed by atoms with Gasteiger partial charge in [0, 0.05) is 26.6 Å². The van der Waals surface area contributed by atoms with E-state index in [1.807, 2.05) is 20.8 Å². The first-order chi connectivity index (χ1) is 9.35. The van der Waals surface area contributed by atoms with Gasteiger partial charge in [0.1, 0.15) is 0 Å². The van der Waals surface area contributed by atoms with Gasteiger partial charge in [-0.2, -0.15) is 0 Å². The predicted octanol–water partition coefficient (Wildman–Crippen LogP) is 1.71. The molecule has 3 N–H and O–H groups in total. The molecule has 0 aliphatic heterocycles. The number of methoxy groups -OCH3 is 1. The normalized spacial score (nSPS) is 13.8. The lowest BCUT2D eigenvalue weighted by atomic mass is 9.94.